The van der Waals surface area contributed by atoms with E-state index in [2.05, 4.69) is 19.1 Å². The molecule has 2 N–H and O–H groups in total. The number of rotatable bonds is 6. The minimum absolute atomic E-state index is 0.181. The van der Waals surface area contributed by atoms with Gasteiger partial charge in [-0.15, -0.1) is 0 Å². The minimum Gasteiger partial charge on any atom is -0.508 e. The third-order valence-corrected chi connectivity index (χ3v) is 4.86. The Kier molecular flexibility index (Phi) is 4.98. The first-order valence-electron chi connectivity index (χ1n) is 9.59. The molecule has 5 heteroatoms. The summed E-state index contributed by atoms with van der Waals surface area (Å²) in [7, 11) is 0. The number of fused-ring (bicyclic) bond motifs is 1. The topological polar surface area (TPSA) is 70.7 Å². The van der Waals surface area contributed by atoms with Gasteiger partial charge in [-0.1, -0.05) is 43.7 Å². The normalized spacial score (nSPS) is 11.2. The molecule has 0 bridgehead atoms. The van der Waals surface area contributed by atoms with Crippen LogP contribution in [0.2, 0.25) is 0 Å². The number of unbranched alkanes of at least 4 members (excludes halogenated alkanes) is 1. The summed E-state index contributed by atoms with van der Waals surface area (Å²) in [5.41, 5.74) is 4.95. The fourth-order valence-corrected chi connectivity index (χ4v) is 3.33. The lowest BCUT2D eigenvalue weighted by Gasteiger charge is -2.08. The average molecular weight is 373 g/mol. The Balaban J connectivity index is 1.86. The molecule has 142 valence electrons. The molecule has 4 rings (SSSR count). The highest BCUT2D eigenvalue weighted by atomic mass is 16.3. The summed E-state index contributed by atoms with van der Waals surface area (Å²) in [6, 6.07) is 17.0. The molecule has 0 radical (unpaired) electrons. The number of aromatic nitrogens is 3. The van der Waals surface area contributed by atoms with Gasteiger partial charge in [0.2, 0.25) is 5.88 Å². The molecule has 2 heterocycles. The number of hydrogen-bond donors (Lipinski definition) is 2. The molecule has 0 aliphatic carbocycles. The maximum absolute atomic E-state index is 10.8. The van der Waals surface area contributed by atoms with Crippen molar-refractivity contribution in [2.24, 2.45) is 0 Å². The standard InChI is InChI=1S/C23H23N3O2/c1-2-3-9-19-23(28)26-15-21(17-10-12-18(27)13-11-17)24-20(22(26)25-19)14-16-7-5-4-6-8-16/h4-8,10-13,15,27-28H,2-3,9,14H2,1H3. The SMILES string of the molecule is CCCCc1nc2c(Cc3ccccc3)nc(-c3ccc(O)cc3)cn2c1O. The number of aryl methyl sites for hydroxylation is 1. The average Bonchev–Trinajstić information content (AvgIpc) is 3.04. The summed E-state index contributed by atoms with van der Waals surface area (Å²) in [5.74, 6) is 0.391. The molecule has 4 aromatic rings. The van der Waals surface area contributed by atoms with Crippen LogP contribution in [0.4, 0.5) is 0 Å². The van der Waals surface area contributed by atoms with Crippen LogP contribution >= 0.6 is 0 Å². The monoisotopic (exact) mass is 373 g/mol. The van der Waals surface area contributed by atoms with Crippen molar-refractivity contribution in [2.75, 3.05) is 0 Å². The van der Waals surface area contributed by atoms with Crippen LogP contribution in [0.5, 0.6) is 11.6 Å². The van der Waals surface area contributed by atoms with Crippen LogP contribution in [-0.4, -0.2) is 24.6 Å². The van der Waals surface area contributed by atoms with E-state index in [-0.39, 0.29) is 11.6 Å². The van der Waals surface area contributed by atoms with Crippen LogP contribution < -0.4 is 0 Å². The molecular formula is C23H23N3O2. The van der Waals surface area contributed by atoms with E-state index in [0.717, 1.165) is 41.8 Å². The summed E-state index contributed by atoms with van der Waals surface area (Å²) < 4.78 is 1.73. The van der Waals surface area contributed by atoms with Crippen molar-refractivity contribution in [1.29, 1.82) is 0 Å². The lowest BCUT2D eigenvalue weighted by molar-refractivity contribution is 0.440. The summed E-state index contributed by atoms with van der Waals surface area (Å²) >= 11 is 0. The molecule has 0 atom stereocenters. The van der Waals surface area contributed by atoms with E-state index in [0.29, 0.717) is 17.8 Å². The van der Waals surface area contributed by atoms with E-state index in [1.807, 2.05) is 36.5 Å². The van der Waals surface area contributed by atoms with E-state index in [1.165, 1.54) is 0 Å². The summed E-state index contributed by atoms with van der Waals surface area (Å²) in [6.45, 7) is 2.12. The van der Waals surface area contributed by atoms with E-state index in [9.17, 15) is 10.2 Å². The van der Waals surface area contributed by atoms with Crippen LogP contribution in [0.25, 0.3) is 16.9 Å². The van der Waals surface area contributed by atoms with Crippen LogP contribution in [0, 0.1) is 0 Å². The predicted octanol–water partition coefficient (Wildman–Crippen LogP) is 4.74. The zero-order valence-electron chi connectivity index (χ0n) is 15.8. The molecule has 2 aromatic carbocycles. The van der Waals surface area contributed by atoms with Crippen molar-refractivity contribution in [1.82, 2.24) is 14.4 Å². The van der Waals surface area contributed by atoms with Crippen molar-refractivity contribution in [2.45, 2.75) is 32.6 Å². The Labute approximate surface area is 164 Å². The number of benzene rings is 2. The third kappa shape index (κ3) is 3.56. The second-order valence-corrected chi connectivity index (χ2v) is 6.96. The van der Waals surface area contributed by atoms with Crippen molar-refractivity contribution >= 4 is 5.65 Å². The first kappa shape index (κ1) is 18.0. The predicted molar refractivity (Wildman–Crippen MR) is 110 cm³/mol. The van der Waals surface area contributed by atoms with Crippen LogP contribution in [-0.2, 0) is 12.8 Å². The molecule has 5 nitrogen and oxygen atoms in total. The second kappa shape index (κ2) is 7.72. The van der Waals surface area contributed by atoms with Crippen molar-refractivity contribution in [3.63, 3.8) is 0 Å². The molecule has 0 spiro atoms. The Hall–Kier alpha value is -3.34. The molecular weight excluding hydrogens is 350 g/mol. The highest BCUT2D eigenvalue weighted by Gasteiger charge is 2.17. The highest BCUT2D eigenvalue weighted by Crippen LogP contribution is 2.28. The van der Waals surface area contributed by atoms with Crippen LogP contribution in [0.1, 0.15) is 36.7 Å². The molecule has 0 unspecified atom stereocenters. The van der Waals surface area contributed by atoms with E-state index in [1.54, 1.807) is 16.5 Å². The number of imidazole rings is 1. The van der Waals surface area contributed by atoms with Crippen molar-refractivity contribution < 1.29 is 10.2 Å². The quantitative estimate of drug-likeness (QED) is 0.512. The fourth-order valence-electron chi connectivity index (χ4n) is 3.33. The highest BCUT2D eigenvalue weighted by molar-refractivity contribution is 5.63. The number of phenols is 1. The first-order chi connectivity index (χ1) is 13.7. The maximum Gasteiger partial charge on any atom is 0.219 e. The molecule has 28 heavy (non-hydrogen) atoms. The van der Waals surface area contributed by atoms with Gasteiger partial charge in [0.05, 0.1) is 11.4 Å². The van der Waals surface area contributed by atoms with Crippen LogP contribution in [0.15, 0.2) is 60.8 Å². The maximum atomic E-state index is 10.8. The number of nitrogens with zero attached hydrogens (tertiary/aromatic N) is 3. The van der Waals surface area contributed by atoms with Gasteiger partial charge in [0, 0.05) is 18.2 Å². The van der Waals surface area contributed by atoms with Gasteiger partial charge in [-0.25, -0.2) is 9.97 Å². The number of aromatic hydroxyl groups is 2. The van der Waals surface area contributed by atoms with Gasteiger partial charge in [-0.05, 0) is 42.7 Å². The Morgan fingerprint density at radius 2 is 1.64 bits per heavy atom. The molecule has 0 saturated carbocycles. The van der Waals surface area contributed by atoms with Gasteiger partial charge in [-0.2, -0.15) is 0 Å². The first-order valence-corrected chi connectivity index (χ1v) is 9.59. The number of phenolic OH excluding ortho intramolecular Hbond substituents is 1. The molecule has 0 amide bonds. The van der Waals surface area contributed by atoms with E-state index < -0.39 is 0 Å². The lowest BCUT2D eigenvalue weighted by atomic mass is 10.1. The van der Waals surface area contributed by atoms with Gasteiger partial charge >= 0.3 is 0 Å². The molecule has 0 fully saturated rings. The molecule has 0 aliphatic heterocycles. The smallest absolute Gasteiger partial charge is 0.219 e. The summed E-state index contributed by atoms with van der Waals surface area (Å²) in [4.78, 5) is 9.56. The fraction of sp³-hybridized carbons (Fsp3) is 0.217. The number of hydrogen-bond acceptors (Lipinski definition) is 4. The van der Waals surface area contributed by atoms with E-state index >= 15 is 0 Å². The van der Waals surface area contributed by atoms with Crippen molar-refractivity contribution in [3.05, 3.63) is 77.7 Å². The lowest BCUT2D eigenvalue weighted by Crippen LogP contribution is -2.00. The van der Waals surface area contributed by atoms with Crippen molar-refractivity contribution in [3.8, 4) is 22.9 Å². The zero-order chi connectivity index (χ0) is 19.5. The Morgan fingerprint density at radius 3 is 2.36 bits per heavy atom. The zero-order valence-corrected chi connectivity index (χ0v) is 15.8. The van der Waals surface area contributed by atoms with Gasteiger partial charge in [0.1, 0.15) is 11.4 Å². The summed E-state index contributed by atoms with van der Waals surface area (Å²) in [5, 5.41) is 20.3. The van der Waals surface area contributed by atoms with Gasteiger partial charge in [0.15, 0.2) is 5.65 Å². The Bertz CT molecular complexity index is 1090. The summed E-state index contributed by atoms with van der Waals surface area (Å²) in [6.07, 6.45) is 5.20. The molecule has 0 aliphatic rings. The van der Waals surface area contributed by atoms with Gasteiger partial charge < -0.3 is 10.2 Å². The minimum atomic E-state index is 0.181. The largest absolute Gasteiger partial charge is 0.508 e. The Morgan fingerprint density at radius 1 is 0.893 bits per heavy atom. The molecule has 2 aromatic heterocycles. The van der Waals surface area contributed by atoms with Gasteiger partial charge in [0.25, 0.3) is 0 Å². The third-order valence-electron chi connectivity index (χ3n) is 4.86. The van der Waals surface area contributed by atoms with Gasteiger partial charge in [-0.3, -0.25) is 4.40 Å². The molecule has 0 saturated heterocycles. The van der Waals surface area contributed by atoms with E-state index in [4.69, 9.17) is 9.97 Å². The van der Waals surface area contributed by atoms with Crippen LogP contribution in [0.3, 0.4) is 0 Å². The second-order valence-electron chi connectivity index (χ2n) is 6.96.